The highest BCUT2D eigenvalue weighted by Crippen LogP contribution is 2.24. The Labute approximate surface area is 117 Å². The second kappa shape index (κ2) is 4.98. The molecule has 1 heterocycles. The monoisotopic (exact) mass is 270 g/mol. The fourth-order valence-corrected chi connectivity index (χ4v) is 2.45. The number of fused-ring (bicyclic) bond motifs is 1. The Kier molecular flexibility index (Phi) is 3.18. The molecule has 0 saturated carbocycles. The average molecular weight is 271 g/mol. The van der Waals surface area contributed by atoms with Crippen LogP contribution in [0.4, 0.5) is 5.69 Å². The normalized spacial score (nSPS) is 10.8. The first-order valence-corrected chi connectivity index (χ1v) is 6.67. The molecular weight excluding hydrogens is 256 g/mol. The van der Waals surface area contributed by atoms with Crippen molar-refractivity contribution < 1.29 is 0 Å². The molecule has 19 heavy (non-hydrogen) atoms. The standard InChI is InChI=1S/C16H15ClN2/c1-11-5-6-14(17)16(9-11)19-10-12-3-2-4-15-13(12)7-8-18-15/h2-9,18-19H,10H2,1H3. The summed E-state index contributed by atoms with van der Waals surface area (Å²) in [7, 11) is 0. The maximum Gasteiger partial charge on any atom is 0.0637 e. The number of anilines is 1. The first kappa shape index (κ1) is 12.1. The molecule has 3 rings (SSSR count). The molecule has 2 aromatic carbocycles. The van der Waals surface area contributed by atoms with Crippen molar-refractivity contribution in [2.45, 2.75) is 13.5 Å². The molecule has 2 nitrogen and oxygen atoms in total. The molecular formula is C16H15ClN2. The largest absolute Gasteiger partial charge is 0.380 e. The topological polar surface area (TPSA) is 27.8 Å². The van der Waals surface area contributed by atoms with Gasteiger partial charge in [-0.3, -0.25) is 0 Å². The van der Waals surface area contributed by atoms with E-state index in [0.29, 0.717) is 0 Å². The Balaban J connectivity index is 1.86. The molecule has 0 radical (unpaired) electrons. The van der Waals surface area contributed by atoms with Crippen LogP contribution in [0.15, 0.2) is 48.7 Å². The summed E-state index contributed by atoms with van der Waals surface area (Å²) in [4.78, 5) is 3.22. The van der Waals surface area contributed by atoms with Crippen LogP contribution in [-0.2, 0) is 6.54 Å². The highest BCUT2D eigenvalue weighted by molar-refractivity contribution is 6.33. The first-order valence-electron chi connectivity index (χ1n) is 6.29. The summed E-state index contributed by atoms with van der Waals surface area (Å²) < 4.78 is 0. The Hall–Kier alpha value is -1.93. The van der Waals surface area contributed by atoms with Crippen molar-refractivity contribution in [3.8, 4) is 0 Å². The summed E-state index contributed by atoms with van der Waals surface area (Å²) in [6, 6.07) is 14.4. The fourth-order valence-electron chi connectivity index (χ4n) is 2.27. The summed E-state index contributed by atoms with van der Waals surface area (Å²) >= 11 is 6.19. The summed E-state index contributed by atoms with van der Waals surface area (Å²) in [5.74, 6) is 0. The van der Waals surface area contributed by atoms with Crippen molar-refractivity contribution in [2.75, 3.05) is 5.32 Å². The van der Waals surface area contributed by atoms with Gasteiger partial charge in [0.2, 0.25) is 0 Å². The highest BCUT2D eigenvalue weighted by Gasteiger charge is 2.03. The van der Waals surface area contributed by atoms with Gasteiger partial charge in [-0.25, -0.2) is 0 Å². The van der Waals surface area contributed by atoms with Gasteiger partial charge >= 0.3 is 0 Å². The maximum atomic E-state index is 6.19. The van der Waals surface area contributed by atoms with E-state index in [4.69, 9.17) is 11.6 Å². The smallest absolute Gasteiger partial charge is 0.0637 e. The Bertz CT molecular complexity index is 716. The number of nitrogens with one attached hydrogen (secondary N) is 2. The third kappa shape index (κ3) is 2.45. The molecule has 0 bridgehead atoms. The van der Waals surface area contributed by atoms with E-state index < -0.39 is 0 Å². The van der Waals surface area contributed by atoms with E-state index in [1.54, 1.807) is 0 Å². The minimum absolute atomic E-state index is 0.756. The van der Waals surface area contributed by atoms with Crippen molar-refractivity contribution in [3.05, 3.63) is 64.8 Å². The van der Waals surface area contributed by atoms with E-state index in [1.165, 1.54) is 16.5 Å². The van der Waals surface area contributed by atoms with Crippen LogP contribution in [0.3, 0.4) is 0 Å². The average Bonchev–Trinajstić information content (AvgIpc) is 2.88. The second-order valence-electron chi connectivity index (χ2n) is 4.69. The molecule has 0 aliphatic carbocycles. The highest BCUT2D eigenvalue weighted by atomic mass is 35.5. The van der Waals surface area contributed by atoms with E-state index in [0.717, 1.165) is 22.8 Å². The zero-order valence-corrected chi connectivity index (χ0v) is 11.5. The van der Waals surface area contributed by atoms with Crippen molar-refractivity contribution in [3.63, 3.8) is 0 Å². The van der Waals surface area contributed by atoms with E-state index in [-0.39, 0.29) is 0 Å². The molecule has 1 aromatic heterocycles. The van der Waals surface area contributed by atoms with Gasteiger partial charge in [-0.15, -0.1) is 0 Å². The van der Waals surface area contributed by atoms with Crippen LogP contribution >= 0.6 is 11.6 Å². The molecule has 0 fully saturated rings. The third-order valence-electron chi connectivity index (χ3n) is 3.28. The van der Waals surface area contributed by atoms with Gasteiger partial charge < -0.3 is 10.3 Å². The number of benzene rings is 2. The van der Waals surface area contributed by atoms with Crippen molar-refractivity contribution >= 4 is 28.2 Å². The van der Waals surface area contributed by atoms with Crippen molar-refractivity contribution in [1.29, 1.82) is 0 Å². The number of aromatic amines is 1. The van der Waals surface area contributed by atoms with Crippen LogP contribution < -0.4 is 5.32 Å². The van der Waals surface area contributed by atoms with Crippen LogP contribution in [0.2, 0.25) is 5.02 Å². The number of aromatic nitrogens is 1. The molecule has 0 aliphatic heterocycles. The molecule has 2 N–H and O–H groups in total. The quantitative estimate of drug-likeness (QED) is 0.707. The minimum atomic E-state index is 0.756. The molecule has 3 heteroatoms. The van der Waals surface area contributed by atoms with Crippen LogP contribution in [0.1, 0.15) is 11.1 Å². The SMILES string of the molecule is Cc1ccc(Cl)c(NCc2cccc3[nH]ccc23)c1. The lowest BCUT2D eigenvalue weighted by molar-refractivity contribution is 1.17. The molecule has 0 atom stereocenters. The molecule has 0 saturated heterocycles. The molecule has 0 amide bonds. The number of rotatable bonds is 3. The number of hydrogen-bond donors (Lipinski definition) is 2. The molecule has 0 unspecified atom stereocenters. The first-order chi connectivity index (χ1) is 9.24. The van der Waals surface area contributed by atoms with Gasteiger partial charge in [-0.1, -0.05) is 29.8 Å². The number of halogens is 1. The minimum Gasteiger partial charge on any atom is -0.380 e. The fraction of sp³-hybridized carbons (Fsp3) is 0.125. The summed E-state index contributed by atoms with van der Waals surface area (Å²) in [5, 5.41) is 5.41. The lowest BCUT2D eigenvalue weighted by Gasteiger charge is -2.10. The van der Waals surface area contributed by atoms with Gasteiger partial charge in [0.15, 0.2) is 0 Å². The lowest BCUT2D eigenvalue weighted by Crippen LogP contribution is -2.00. The lowest BCUT2D eigenvalue weighted by atomic mass is 10.1. The van der Waals surface area contributed by atoms with E-state index >= 15 is 0 Å². The van der Waals surface area contributed by atoms with Gasteiger partial charge in [0.05, 0.1) is 10.7 Å². The third-order valence-corrected chi connectivity index (χ3v) is 3.61. The van der Waals surface area contributed by atoms with Crippen LogP contribution in [0, 0.1) is 6.92 Å². The molecule has 0 aliphatic rings. The predicted octanol–water partition coefficient (Wildman–Crippen LogP) is 4.74. The van der Waals surface area contributed by atoms with Crippen LogP contribution in [0.25, 0.3) is 10.9 Å². The Morgan fingerprint density at radius 1 is 1.16 bits per heavy atom. The van der Waals surface area contributed by atoms with Gasteiger partial charge in [-0.05, 0) is 42.3 Å². The van der Waals surface area contributed by atoms with Gasteiger partial charge in [0, 0.05) is 23.6 Å². The maximum absolute atomic E-state index is 6.19. The van der Waals surface area contributed by atoms with Crippen molar-refractivity contribution in [2.24, 2.45) is 0 Å². The summed E-state index contributed by atoms with van der Waals surface area (Å²) in [6.45, 7) is 2.83. The number of H-pyrrole nitrogens is 1. The van der Waals surface area contributed by atoms with Crippen LogP contribution in [-0.4, -0.2) is 4.98 Å². The molecule has 0 spiro atoms. The number of hydrogen-bond acceptors (Lipinski definition) is 1. The predicted molar refractivity (Wildman–Crippen MR) is 81.8 cm³/mol. The second-order valence-corrected chi connectivity index (χ2v) is 5.10. The Morgan fingerprint density at radius 3 is 2.95 bits per heavy atom. The van der Waals surface area contributed by atoms with Crippen molar-refractivity contribution in [1.82, 2.24) is 4.98 Å². The van der Waals surface area contributed by atoms with Crippen LogP contribution in [0.5, 0.6) is 0 Å². The zero-order chi connectivity index (χ0) is 13.2. The number of aryl methyl sites for hydroxylation is 1. The summed E-state index contributed by atoms with van der Waals surface area (Å²) in [5.41, 5.74) is 4.60. The van der Waals surface area contributed by atoms with Gasteiger partial charge in [-0.2, -0.15) is 0 Å². The summed E-state index contributed by atoms with van der Waals surface area (Å²) in [6.07, 6.45) is 1.97. The molecule has 96 valence electrons. The molecule has 3 aromatic rings. The van der Waals surface area contributed by atoms with E-state index in [9.17, 15) is 0 Å². The van der Waals surface area contributed by atoms with Gasteiger partial charge in [0.1, 0.15) is 0 Å². The van der Waals surface area contributed by atoms with Gasteiger partial charge in [0.25, 0.3) is 0 Å². The zero-order valence-electron chi connectivity index (χ0n) is 10.7. The van der Waals surface area contributed by atoms with E-state index in [2.05, 4.69) is 47.6 Å². The van der Waals surface area contributed by atoms with E-state index in [1.807, 2.05) is 18.3 Å². The Morgan fingerprint density at radius 2 is 2.05 bits per heavy atom.